The van der Waals surface area contributed by atoms with Gasteiger partial charge in [0.15, 0.2) is 0 Å². The van der Waals surface area contributed by atoms with Gasteiger partial charge in [0.25, 0.3) is 0 Å². The van der Waals surface area contributed by atoms with Crippen molar-refractivity contribution in [2.45, 2.75) is 26.0 Å². The van der Waals surface area contributed by atoms with Crippen molar-refractivity contribution in [3.8, 4) is 17.0 Å². The van der Waals surface area contributed by atoms with Gasteiger partial charge in [0.1, 0.15) is 31.0 Å². The number of anilines is 1. The molecule has 1 aromatic carbocycles. The number of aliphatic hydroxyl groups is 1. The Hall–Kier alpha value is -2.73. The van der Waals surface area contributed by atoms with Crippen molar-refractivity contribution in [1.82, 2.24) is 9.97 Å². The second-order valence-corrected chi connectivity index (χ2v) is 6.40. The van der Waals surface area contributed by atoms with E-state index in [1.54, 1.807) is 12.3 Å². The number of benzene rings is 1. The molecule has 0 saturated heterocycles. The predicted molar refractivity (Wildman–Crippen MR) is 101 cm³/mol. The molecule has 6 heteroatoms. The molecular weight excluding hydrogens is 333 g/mol. The van der Waals surface area contributed by atoms with Crippen LogP contribution in [-0.4, -0.2) is 40.5 Å². The van der Waals surface area contributed by atoms with Crippen molar-refractivity contribution in [3.63, 3.8) is 0 Å². The minimum absolute atomic E-state index is 0.0735. The van der Waals surface area contributed by atoms with E-state index in [9.17, 15) is 9.50 Å². The zero-order valence-corrected chi connectivity index (χ0v) is 14.8. The summed E-state index contributed by atoms with van der Waals surface area (Å²) in [6.07, 6.45) is 0.696. The van der Waals surface area contributed by atoms with Crippen molar-refractivity contribution in [3.05, 3.63) is 48.7 Å². The summed E-state index contributed by atoms with van der Waals surface area (Å²) >= 11 is 0. The van der Waals surface area contributed by atoms with E-state index in [4.69, 9.17) is 4.74 Å². The molecule has 5 nitrogen and oxygen atoms in total. The zero-order chi connectivity index (χ0) is 18.5. The predicted octanol–water partition coefficient (Wildman–Crippen LogP) is 3.83. The SMILES string of the molecule is CC(C)Nc1ccc(-c2ccc3cc(OC[C@H](O)CF)ccc3n2)cn1. The van der Waals surface area contributed by atoms with Crippen LogP contribution in [0, 0.1) is 0 Å². The highest BCUT2D eigenvalue weighted by Gasteiger charge is 2.07. The van der Waals surface area contributed by atoms with Gasteiger partial charge in [-0.05, 0) is 50.2 Å². The number of fused-ring (bicyclic) bond motifs is 1. The molecule has 2 heterocycles. The molecule has 0 radical (unpaired) electrons. The molecule has 0 aliphatic rings. The highest BCUT2D eigenvalue weighted by molar-refractivity contribution is 5.82. The standard InChI is InChI=1S/C20H22FN3O2/c1-13(2)23-20-8-4-15(11-22-20)19-6-3-14-9-17(5-7-18(14)24-19)26-12-16(25)10-21/h3-9,11,13,16,25H,10,12H2,1-2H3,(H,22,23)/t16-/m1/s1. The van der Waals surface area contributed by atoms with E-state index in [2.05, 4.69) is 29.1 Å². The largest absolute Gasteiger partial charge is 0.491 e. The van der Waals surface area contributed by atoms with Crippen molar-refractivity contribution < 1.29 is 14.2 Å². The Labute approximate surface area is 151 Å². The molecule has 0 bridgehead atoms. The number of aliphatic hydroxyl groups excluding tert-OH is 1. The van der Waals surface area contributed by atoms with E-state index < -0.39 is 12.8 Å². The Bertz CT molecular complexity index is 869. The lowest BCUT2D eigenvalue weighted by atomic mass is 10.1. The van der Waals surface area contributed by atoms with Crippen LogP contribution in [-0.2, 0) is 0 Å². The average Bonchev–Trinajstić information content (AvgIpc) is 2.65. The van der Waals surface area contributed by atoms with Gasteiger partial charge < -0.3 is 15.2 Å². The van der Waals surface area contributed by atoms with E-state index in [-0.39, 0.29) is 6.61 Å². The number of hydrogen-bond donors (Lipinski definition) is 2. The molecule has 0 unspecified atom stereocenters. The van der Waals surface area contributed by atoms with Crippen molar-refractivity contribution in [2.75, 3.05) is 18.6 Å². The molecule has 0 saturated carbocycles. The van der Waals surface area contributed by atoms with Crippen LogP contribution in [0.1, 0.15) is 13.8 Å². The maximum absolute atomic E-state index is 12.3. The molecule has 2 N–H and O–H groups in total. The van der Waals surface area contributed by atoms with Gasteiger partial charge in [-0.2, -0.15) is 0 Å². The summed E-state index contributed by atoms with van der Waals surface area (Å²) in [6, 6.07) is 13.6. The first-order valence-electron chi connectivity index (χ1n) is 8.56. The number of hydrogen-bond acceptors (Lipinski definition) is 5. The van der Waals surface area contributed by atoms with E-state index in [0.717, 1.165) is 28.0 Å². The molecule has 0 aliphatic carbocycles. The first-order valence-corrected chi connectivity index (χ1v) is 8.56. The number of ether oxygens (including phenoxy) is 1. The van der Waals surface area contributed by atoms with Gasteiger partial charge in [-0.25, -0.2) is 14.4 Å². The molecule has 0 aliphatic heterocycles. The van der Waals surface area contributed by atoms with Crippen molar-refractivity contribution in [2.24, 2.45) is 0 Å². The number of alkyl halides is 1. The van der Waals surface area contributed by atoms with Crippen LogP contribution in [0.2, 0.25) is 0 Å². The summed E-state index contributed by atoms with van der Waals surface area (Å²) in [5.74, 6) is 1.41. The van der Waals surface area contributed by atoms with Gasteiger partial charge in [-0.15, -0.1) is 0 Å². The van der Waals surface area contributed by atoms with Gasteiger partial charge in [0, 0.05) is 23.2 Å². The van der Waals surface area contributed by atoms with Gasteiger partial charge in [0.05, 0.1) is 11.2 Å². The number of halogens is 1. The number of pyridine rings is 2. The summed E-state index contributed by atoms with van der Waals surface area (Å²) in [4.78, 5) is 9.08. The summed E-state index contributed by atoms with van der Waals surface area (Å²) < 4.78 is 17.7. The number of aromatic nitrogens is 2. The second-order valence-electron chi connectivity index (χ2n) is 6.40. The van der Waals surface area contributed by atoms with Crippen LogP contribution < -0.4 is 10.1 Å². The minimum atomic E-state index is -1.10. The lowest BCUT2D eigenvalue weighted by Gasteiger charge is -2.11. The summed E-state index contributed by atoms with van der Waals surface area (Å²) in [6.45, 7) is 3.24. The average molecular weight is 355 g/mol. The fourth-order valence-corrected chi connectivity index (χ4v) is 2.52. The van der Waals surface area contributed by atoms with Crippen LogP contribution in [0.5, 0.6) is 5.75 Å². The maximum atomic E-state index is 12.3. The fourth-order valence-electron chi connectivity index (χ4n) is 2.52. The third-order valence-electron chi connectivity index (χ3n) is 3.78. The molecule has 1 atom stereocenters. The van der Waals surface area contributed by atoms with E-state index in [1.165, 1.54) is 0 Å². The lowest BCUT2D eigenvalue weighted by molar-refractivity contribution is 0.0842. The Morgan fingerprint density at radius 1 is 1.15 bits per heavy atom. The molecule has 3 aromatic rings. The van der Waals surface area contributed by atoms with Gasteiger partial charge in [0.2, 0.25) is 0 Å². The molecule has 136 valence electrons. The summed E-state index contributed by atoms with van der Waals surface area (Å²) in [7, 11) is 0. The lowest BCUT2D eigenvalue weighted by Crippen LogP contribution is -2.19. The normalized spacial score (nSPS) is 12.3. The molecular formula is C20H22FN3O2. The molecule has 0 amide bonds. The quantitative estimate of drug-likeness (QED) is 0.674. The number of nitrogens with one attached hydrogen (secondary N) is 1. The highest BCUT2D eigenvalue weighted by atomic mass is 19.1. The minimum Gasteiger partial charge on any atom is -0.491 e. The highest BCUT2D eigenvalue weighted by Crippen LogP contribution is 2.24. The van der Waals surface area contributed by atoms with Crippen LogP contribution in [0.4, 0.5) is 10.2 Å². The van der Waals surface area contributed by atoms with Crippen LogP contribution in [0.3, 0.4) is 0 Å². The zero-order valence-electron chi connectivity index (χ0n) is 14.8. The van der Waals surface area contributed by atoms with E-state index in [1.807, 2.05) is 36.4 Å². The summed E-state index contributed by atoms with van der Waals surface area (Å²) in [5, 5.41) is 13.4. The monoisotopic (exact) mass is 355 g/mol. The maximum Gasteiger partial charge on any atom is 0.126 e. The molecule has 26 heavy (non-hydrogen) atoms. The van der Waals surface area contributed by atoms with Crippen molar-refractivity contribution >= 4 is 16.7 Å². The smallest absolute Gasteiger partial charge is 0.126 e. The van der Waals surface area contributed by atoms with Gasteiger partial charge >= 0.3 is 0 Å². The first kappa shape index (κ1) is 18.1. The fraction of sp³-hybridized carbons (Fsp3) is 0.300. The first-order chi connectivity index (χ1) is 12.5. The Morgan fingerprint density at radius 2 is 2.00 bits per heavy atom. The third kappa shape index (κ3) is 4.46. The Kier molecular flexibility index (Phi) is 5.63. The number of rotatable bonds is 7. The molecule has 3 rings (SSSR count). The summed E-state index contributed by atoms with van der Waals surface area (Å²) in [5.41, 5.74) is 2.60. The van der Waals surface area contributed by atoms with Crippen molar-refractivity contribution in [1.29, 1.82) is 0 Å². The van der Waals surface area contributed by atoms with E-state index >= 15 is 0 Å². The molecule has 0 fully saturated rings. The topological polar surface area (TPSA) is 67.3 Å². The van der Waals surface area contributed by atoms with Crippen LogP contribution in [0.25, 0.3) is 22.2 Å². The Balaban J connectivity index is 1.78. The second kappa shape index (κ2) is 8.10. The molecule has 0 spiro atoms. The Morgan fingerprint density at radius 3 is 2.69 bits per heavy atom. The van der Waals surface area contributed by atoms with Gasteiger partial charge in [-0.3, -0.25) is 0 Å². The van der Waals surface area contributed by atoms with Gasteiger partial charge in [-0.1, -0.05) is 6.07 Å². The van der Waals surface area contributed by atoms with E-state index in [0.29, 0.717) is 11.8 Å². The third-order valence-corrected chi connectivity index (χ3v) is 3.78. The van der Waals surface area contributed by atoms with Crippen LogP contribution in [0.15, 0.2) is 48.7 Å². The van der Waals surface area contributed by atoms with Crippen LogP contribution >= 0.6 is 0 Å². The number of nitrogens with zero attached hydrogens (tertiary/aromatic N) is 2. The molecule has 2 aromatic heterocycles.